The Hall–Kier alpha value is -2.57. The van der Waals surface area contributed by atoms with Gasteiger partial charge in [-0.2, -0.15) is 0 Å². The highest BCUT2D eigenvalue weighted by Gasteiger charge is 2.40. The lowest BCUT2D eigenvalue weighted by Gasteiger charge is -2.19. The lowest BCUT2D eigenvalue weighted by atomic mass is 9.92. The number of benzene rings is 1. The molecule has 1 aliphatic rings. The second-order valence-electron chi connectivity index (χ2n) is 7.35. The minimum Gasteiger partial charge on any atom is -0.497 e. The quantitative estimate of drug-likeness (QED) is 0.189. The Morgan fingerprint density at radius 2 is 2.10 bits per heavy atom. The molecular weight excluding hydrogens is 388 g/mol. The number of carboxylic acid groups (broad SMARTS) is 1. The van der Waals surface area contributed by atoms with E-state index in [1.54, 1.807) is 13.2 Å². The van der Waals surface area contributed by atoms with E-state index in [1.807, 2.05) is 24.3 Å². The molecule has 0 bridgehead atoms. The van der Waals surface area contributed by atoms with Crippen molar-refractivity contribution in [1.29, 1.82) is 0 Å². The van der Waals surface area contributed by atoms with E-state index in [0.29, 0.717) is 18.4 Å². The van der Waals surface area contributed by atoms with E-state index in [9.17, 15) is 20.1 Å². The molecule has 0 aromatic heterocycles. The molecule has 1 fully saturated rings. The first-order chi connectivity index (χ1) is 14.3. The maximum atomic E-state index is 10.7. The van der Waals surface area contributed by atoms with Gasteiger partial charge in [0.05, 0.1) is 13.7 Å². The SMILES string of the molecule is COc1cccc(OCC/C=C/[C@H]2CCC[C@@H]2CC=C=CC(O)C(O)(O)C(=O)O)c1. The zero-order valence-electron chi connectivity index (χ0n) is 17.1. The van der Waals surface area contributed by atoms with Crippen molar-refractivity contribution in [2.75, 3.05) is 13.7 Å². The first-order valence-electron chi connectivity index (χ1n) is 10.1. The fourth-order valence-corrected chi connectivity index (χ4v) is 3.44. The van der Waals surface area contributed by atoms with Crippen LogP contribution in [0.3, 0.4) is 0 Å². The van der Waals surface area contributed by atoms with Crippen LogP contribution in [0.2, 0.25) is 0 Å². The second-order valence-corrected chi connectivity index (χ2v) is 7.35. The second kappa shape index (κ2) is 11.6. The van der Waals surface area contributed by atoms with Crippen molar-refractivity contribution < 1.29 is 34.7 Å². The van der Waals surface area contributed by atoms with E-state index in [4.69, 9.17) is 14.6 Å². The number of aliphatic hydroxyl groups excluding tert-OH is 1. The average molecular weight is 418 g/mol. The van der Waals surface area contributed by atoms with Gasteiger partial charge in [0.25, 0.3) is 5.79 Å². The summed E-state index contributed by atoms with van der Waals surface area (Å²) in [5, 5.41) is 36.7. The van der Waals surface area contributed by atoms with Gasteiger partial charge in [0, 0.05) is 6.07 Å². The normalized spacial score (nSPS) is 19.9. The summed E-state index contributed by atoms with van der Waals surface area (Å²) in [7, 11) is 1.62. The van der Waals surface area contributed by atoms with Crippen LogP contribution in [0.25, 0.3) is 0 Å². The van der Waals surface area contributed by atoms with Gasteiger partial charge in [0.15, 0.2) is 0 Å². The zero-order valence-corrected chi connectivity index (χ0v) is 17.1. The van der Waals surface area contributed by atoms with Gasteiger partial charge in [-0.05, 0) is 61.8 Å². The topological polar surface area (TPSA) is 116 Å². The first-order valence-corrected chi connectivity index (χ1v) is 10.1. The molecule has 3 atom stereocenters. The number of carboxylic acids is 1. The third-order valence-corrected chi connectivity index (χ3v) is 5.22. The lowest BCUT2D eigenvalue weighted by molar-refractivity contribution is -0.227. The highest BCUT2D eigenvalue weighted by atomic mass is 16.6. The molecule has 0 aliphatic heterocycles. The average Bonchev–Trinajstić information content (AvgIpc) is 3.18. The number of aliphatic carboxylic acids is 1. The van der Waals surface area contributed by atoms with E-state index >= 15 is 0 Å². The van der Waals surface area contributed by atoms with Crippen molar-refractivity contribution in [2.24, 2.45) is 11.8 Å². The molecule has 1 saturated carbocycles. The van der Waals surface area contributed by atoms with Gasteiger partial charge in [-0.3, -0.25) is 0 Å². The lowest BCUT2D eigenvalue weighted by Crippen LogP contribution is -2.48. The van der Waals surface area contributed by atoms with Gasteiger partial charge in [0.1, 0.15) is 17.6 Å². The largest absolute Gasteiger partial charge is 0.497 e. The van der Waals surface area contributed by atoms with Crippen LogP contribution >= 0.6 is 0 Å². The third-order valence-electron chi connectivity index (χ3n) is 5.22. The number of hydrogen-bond acceptors (Lipinski definition) is 6. The van der Waals surface area contributed by atoms with E-state index < -0.39 is 17.9 Å². The molecule has 7 heteroatoms. The summed E-state index contributed by atoms with van der Waals surface area (Å²) in [5.74, 6) is -2.71. The van der Waals surface area contributed by atoms with Gasteiger partial charge >= 0.3 is 5.97 Å². The van der Waals surface area contributed by atoms with E-state index in [2.05, 4.69) is 17.9 Å². The summed E-state index contributed by atoms with van der Waals surface area (Å²) in [6, 6.07) is 7.50. The maximum absolute atomic E-state index is 10.7. The van der Waals surface area contributed by atoms with Crippen LogP contribution in [-0.2, 0) is 4.79 Å². The molecule has 7 nitrogen and oxygen atoms in total. The fourth-order valence-electron chi connectivity index (χ4n) is 3.44. The van der Waals surface area contributed by atoms with Gasteiger partial charge in [-0.15, -0.1) is 5.73 Å². The highest BCUT2D eigenvalue weighted by Crippen LogP contribution is 2.35. The summed E-state index contributed by atoms with van der Waals surface area (Å²) >= 11 is 0. The number of methoxy groups -OCH3 is 1. The monoisotopic (exact) mass is 418 g/mol. The summed E-state index contributed by atoms with van der Waals surface area (Å²) in [6.45, 7) is 0.579. The Labute approximate surface area is 176 Å². The standard InChI is InChI=1S/C23H30O7/c1-29-19-12-7-13-20(16-19)30-15-5-4-9-18-11-6-10-17(18)8-2-3-14-21(24)23(27,28)22(25)26/h2,4,7,9,12-14,16-18,21,24,27-28H,5-6,8,10-11,15H2,1H3,(H,25,26)/b9-4+/t3?,17-,18-,21?/m0/s1. The molecule has 0 amide bonds. The molecule has 30 heavy (non-hydrogen) atoms. The smallest absolute Gasteiger partial charge is 0.367 e. The van der Waals surface area contributed by atoms with Crippen molar-refractivity contribution in [2.45, 2.75) is 44.0 Å². The van der Waals surface area contributed by atoms with Crippen molar-refractivity contribution in [1.82, 2.24) is 0 Å². The number of hydrogen-bond donors (Lipinski definition) is 4. The van der Waals surface area contributed by atoms with Crippen LogP contribution in [-0.4, -0.2) is 52.0 Å². The van der Waals surface area contributed by atoms with Crippen LogP contribution in [0, 0.1) is 11.8 Å². The van der Waals surface area contributed by atoms with Crippen LogP contribution in [0.5, 0.6) is 11.5 Å². The Morgan fingerprint density at radius 3 is 2.83 bits per heavy atom. The van der Waals surface area contributed by atoms with E-state index in [-0.39, 0.29) is 0 Å². The maximum Gasteiger partial charge on any atom is 0.367 e. The molecule has 0 radical (unpaired) electrons. The molecule has 4 N–H and O–H groups in total. The van der Waals surface area contributed by atoms with Crippen LogP contribution in [0.15, 0.2) is 54.3 Å². The molecule has 164 valence electrons. The zero-order chi connectivity index (χ0) is 22.0. The molecular formula is C23H30O7. The predicted molar refractivity (Wildman–Crippen MR) is 111 cm³/mol. The fraction of sp³-hybridized carbons (Fsp3) is 0.478. The Bertz CT molecular complexity index is 778. The van der Waals surface area contributed by atoms with Gasteiger partial charge < -0.3 is 29.9 Å². The number of carbonyl (C=O) groups is 1. The van der Waals surface area contributed by atoms with Crippen molar-refractivity contribution in [3.05, 3.63) is 54.3 Å². The Balaban J connectivity index is 1.77. The highest BCUT2D eigenvalue weighted by molar-refractivity contribution is 5.76. The number of aliphatic hydroxyl groups is 3. The molecule has 1 aliphatic carbocycles. The molecule has 1 aromatic rings. The van der Waals surface area contributed by atoms with Crippen LogP contribution < -0.4 is 9.47 Å². The van der Waals surface area contributed by atoms with Gasteiger partial charge in [0.2, 0.25) is 0 Å². The number of allylic oxidation sites excluding steroid dienone is 1. The summed E-state index contributed by atoms with van der Waals surface area (Å²) in [4.78, 5) is 10.7. The van der Waals surface area contributed by atoms with E-state index in [0.717, 1.165) is 49.7 Å². The minimum absolute atomic E-state index is 0.436. The number of rotatable bonds is 11. The third kappa shape index (κ3) is 7.04. The van der Waals surface area contributed by atoms with E-state index in [1.165, 1.54) is 0 Å². The molecule has 1 aromatic carbocycles. The summed E-state index contributed by atoms with van der Waals surface area (Å²) in [6.07, 6.45) is 9.88. The van der Waals surface area contributed by atoms with Gasteiger partial charge in [-0.25, -0.2) is 4.79 Å². The molecule has 1 unspecified atom stereocenters. The molecule has 0 spiro atoms. The predicted octanol–water partition coefficient (Wildman–Crippen LogP) is 2.66. The van der Waals surface area contributed by atoms with Crippen molar-refractivity contribution in [3.8, 4) is 11.5 Å². The molecule has 0 heterocycles. The Morgan fingerprint density at radius 1 is 1.33 bits per heavy atom. The summed E-state index contributed by atoms with van der Waals surface area (Å²) in [5.41, 5.74) is 2.66. The van der Waals surface area contributed by atoms with Crippen molar-refractivity contribution in [3.63, 3.8) is 0 Å². The Kier molecular flexibility index (Phi) is 9.15. The van der Waals surface area contributed by atoms with Crippen LogP contribution in [0.4, 0.5) is 0 Å². The first kappa shape index (κ1) is 23.7. The molecule has 2 rings (SSSR count). The van der Waals surface area contributed by atoms with Crippen LogP contribution in [0.1, 0.15) is 32.1 Å². The van der Waals surface area contributed by atoms with Gasteiger partial charge in [-0.1, -0.05) is 24.6 Å². The molecule has 0 saturated heterocycles. The number of ether oxygens (including phenoxy) is 2. The minimum atomic E-state index is -3.22. The van der Waals surface area contributed by atoms with Crippen molar-refractivity contribution >= 4 is 5.97 Å². The summed E-state index contributed by atoms with van der Waals surface area (Å²) < 4.78 is 10.9.